The third kappa shape index (κ3) is 2.42. The first-order valence-electron chi connectivity index (χ1n) is 6.20. The Kier molecular flexibility index (Phi) is 4.04. The Hall–Kier alpha value is -1.32. The predicted octanol–water partition coefficient (Wildman–Crippen LogP) is 2.71. The van der Waals surface area contributed by atoms with Crippen LogP contribution in [-0.4, -0.2) is 18.1 Å². The van der Waals surface area contributed by atoms with Crippen LogP contribution in [0.2, 0.25) is 0 Å². The van der Waals surface area contributed by atoms with E-state index in [9.17, 15) is 0 Å². The molecule has 1 saturated heterocycles. The van der Waals surface area contributed by atoms with Crippen molar-refractivity contribution in [3.05, 3.63) is 36.0 Å². The van der Waals surface area contributed by atoms with Crippen LogP contribution < -0.4 is 11.1 Å². The van der Waals surface area contributed by atoms with Crippen LogP contribution in [0.5, 0.6) is 0 Å². The van der Waals surface area contributed by atoms with Crippen molar-refractivity contribution < 1.29 is 0 Å². The lowest BCUT2D eigenvalue weighted by Crippen LogP contribution is -2.27. The maximum Gasteiger partial charge on any atom is 0.0707 e. The van der Waals surface area contributed by atoms with Gasteiger partial charge in [0.1, 0.15) is 0 Å². The molecule has 0 saturated carbocycles. The number of pyridine rings is 1. The minimum absolute atomic E-state index is 0. The number of fused-ring (bicyclic) bond motifs is 1. The normalized spacial score (nSPS) is 16.4. The zero-order valence-electron chi connectivity index (χ0n) is 10.2. The van der Waals surface area contributed by atoms with Crippen LogP contribution in [0.1, 0.15) is 24.5 Å². The average Bonchev–Trinajstić information content (AvgIpc) is 2.39. The number of rotatable bonds is 1. The summed E-state index contributed by atoms with van der Waals surface area (Å²) in [6.45, 7) is 2.14. The van der Waals surface area contributed by atoms with Gasteiger partial charge in [-0.25, -0.2) is 0 Å². The molecule has 3 N–H and O–H groups in total. The van der Waals surface area contributed by atoms with Crippen molar-refractivity contribution in [1.29, 1.82) is 0 Å². The number of piperidine rings is 1. The van der Waals surface area contributed by atoms with Gasteiger partial charge in [0.05, 0.1) is 16.9 Å². The number of hydrogen-bond acceptors (Lipinski definition) is 3. The number of hydrogen-bond donors (Lipinski definition) is 2. The van der Waals surface area contributed by atoms with Crippen LogP contribution in [0.15, 0.2) is 30.3 Å². The van der Waals surface area contributed by atoms with E-state index < -0.39 is 0 Å². The van der Waals surface area contributed by atoms with Crippen molar-refractivity contribution in [1.82, 2.24) is 10.3 Å². The predicted molar refractivity (Wildman–Crippen MR) is 78.2 cm³/mol. The summed E-state index contributed by atoms with van der Waals surface area (Å²) in [5, 5.41) is 4.50. The lowest BCUT2D eigenvalue weighted by atomic mass is 9.92. The highest BCUT2D eigenvalue weighted by Crippen LogP contribution is 2.30. The van der Waals surface area contributed by atoms with Crippen LogP contribution in [0, 0.1) is 0 Å². The molecule has 2 aromatic rings. The van der Waals surface area contributed by atoms with Crippen LogP contribution in [0.4, 0.5) is 5.69 Å². The van der Waals surface area contributed by atoms with Crippen molar-refractivity contribution in [3.63, 3.8) is 0 Å². The van der Waals surface area contributed by atoms with E-state index >= 15 is 0 Å². The van der Waals surface area contributed by atoms with Gasteiger partial charge in [0.2, 0.25) is 0 Å². The van der Waals surface area contributed by atoms with Gasteiger partial charge in [-0.05, 0) is 38.1 Å². The summed E-state index contributed by atoms with van der Waals surface area (Å²) in [5.74, 6) is 0.515. The zero-order chi connectivity index (χ0) is 11.7. The van der Waals surface area contributed by atoms with Crippen molar-refractivity contribution >= 4 is 29.0 Å². The maximum absolute atomic E-state index is 6.13. The Labute approximate surface area is 113 Å². The molecule has 4 heteroatoms. The summed E-state index contributed by atoms with van der Waals surface area (Å²) >= 11 is 0. The fraction of sp³-hybridized carbons (Fsp3) is 0.357. The van der Waals surface area contributed by atoms with Crippen molar-refractivity contribution in [2.24, 2.45) is 0 Å². The van der Waals surface area contributed by atoms with Crippen molar-refractivity contribution in [2.45, 2.75) is 18.8 Å². The Morgan fingerprint density at radius 1 is 1.17 bits per heavy atom. The molecule has 1 aliphatic rings. The lowest BCUT2D eigenvalue weighted by molar-refractivity contribution is 0.455. The van der Waals surface area contributed by atoms with E-state index in [0.29, 0.717) is 5.92 Å². The van der Waals surface area contributed by atoms with Crippen LogP contribution >= 0.6 is 12.4 Å². The van der Waals surface area contributed by atoms with E-state index in [1.54, 1.807) is 0 Å². The maximum atomic E-state index is 6.13. The summed E-state index contributed by atoms with van der Waals surface area (Å²) < 4.78 is 0. The van der Waals surface area contributed by atoms with E-state index in [1.165, 1.54) is 0 Å². The molecular weight excluding hydrogens is 246 g/mol. The minimum Gasteiger partial charge on any atom is -0.397 e. The first-order valence-corrected chi connectivity index (χ1v) is 6.20. The van der Waals surface area contributed by atoms with Gasteiger partial charge in [-0.2, -0.15) is 0 Å². The van der Waals surface area contributed by atoms with E-state index in [4.69, 9.17) is 10.7 Å². The molecule has 18 heavy (non-hydrogen) atoms. The average molecular weight is 264 g/mol. The molecule has 0 unspecified atom stereocenters. The number of aromatic nitrogens is 1. The van der Waals surface area contributed by atoms with Crippen LogP contribution in [0.25, 0.3) is 10.9 Å². The second-order valence-corrected chi connectivity index (χ2v) is 4.68. The molecule has 0 spiro atoms. The van der Waals surface area contributed by atoms with Gasteiger partial charge >= 0.3 is 0 Å². The molecule has 3 rings (SSSR count). The molecule has 0 bridgehead atoms. The van der Waals surface area contributed by atoms with Crippen LogP contribution in [-0.2, 0) is 0 Å². The van der Waals surface area contributed by atoms with Gasteiger partial charge in [0.25, 0.3) is 0 Å². The molecule has 1 fully saturated rings. The standard InChI is InChI=1S/C14H17N3.ClH/c15-12-9-11-3-1-2-4-13(11)17-14(12)10-5-7-16-8-6-10;/h1-4,9-10,16H,5-8,15H2;1H. The smallest absolute Gasteiger partial charge is 0.0707 e. The van der Waals surface area contributed by atoms with Gasteiger partial charge in [-0.15, -0.1) is 12.4 Å². The molecule has 0 amide bonds. The molecule has 96 valence electrons. The highest BCUT2D eigenvalue weighted by molar-refractivity contribution is 5.85. The Morgan fingerprint density at radius 3 is 2.67 bits per heavy atom. The van der Waals surface area contributed by atoms with Gasteiger partial charge < -0.3 is 11.1 Å². The van der Waals surface area contributed by atoms with Gasteiger partial charge in [-0.3, -0.25) is 4.98 Å². The summed E-state index contributed by atoms with van der Waals surface area (Å²) in [6, 6.07) is 10.2. The third-order valence-corrected chi connectivity index (χ3v) is 3.51. The quantitative estimate of drug-likeness (QED) is 0.832. The monoisotopic (exact) mass is 263 g/mol. The van der Waals surface area contributed by atoms with Gasteiger partial charge in [-0.1, -0.05) is 18.2 Å². The Bertz CT molecular complexity index is 536. The number of halogens is 1. The fourth-order valence-corrected chi connectivity index (χ4v) is 2.57. The second kappa shape index (κ2) is 5.55. The molecule has 0 atom stereocenters. The van der Waals surface area contributed by atoms with E-state index in [2.05, 4.69) is 23.5 Å². The molecule has 1 aromatic carbocycles. The van der Waals surface area contributed by atoms with Gasteiger partial charge in [0, 0.05) is 11.3 Å². The number of para-hydroxylation sites is 1. The Morgan fingerprint density at radius 2 is 1.89 bits per heavy atom. The molecule has 1 aliphatic heterocycles. The highest BCUT2D eigenvalue weighted by Gasteiger charge is 2.19. The summed E-state index contributed by atoms with van der Waals surface area (Å²) in [6.07, 6.45) is 2.27. The first-order chi connectivity index (χ1) is 8.34. The van der Waals surface area contributed by atoms with Crippen molar-refractivity contribution in [3.8, 4) is 0 Å². The number of nitrogens with one attached hydrogen (secondary N) is 1. The largest absolute Gasteiger partial charge is 0.397 e. The van der Waals surface area contributed by atoms with E-state index in [0.717, 1.165) is 48.2 Å². The number of benzene rings is 1. The number of nitrogen functional groups attached to an aromatic ring is 1. The second-order valence-electron chi connectivity index (χ2n) is 4.68. The molecule has 1 aromatic heterocycles. The Balaban J connectivity index is 0.00000120. The summed E-state index contributed by atoms with van der Waals surface area (Å²) in [7, 11) is 0. The fourth-order valence-electron chi connectivity index (χ4n) is 2.57. The summed E-state index contributed by atoms with van der Waals surface area (Å²) in [5.41, 5.74) is 9.12. The van der Waals surface area contributed by atoms with Gasteiger partial charge in [0.15, 0.2) is 0 Å². The number of anilines is 1. The topological polar surface area (TPSA) is 50.9 Å². The summed E-state index contributed by atoms with van der Waals surface area (Å²) in [4.78, 5) is 4.75. The zero-order valence-corrected chi connectivity index (χ0v) is 11.0. The minimum atomic E-state index is 0. The van der Waals surface area contributed by atoms with E-state index in [-0.39, 0.29) is 12.4 Å². The molecule has 2 heterocycles. The number of nitrogens with zero attached hydrogens (tertiary/aromatic N) is 1. The highest BCUT2D eigenvalue weighted by atomic mass is 35.5. The van der Waals surface area contributed by atoms with Crippen molar-refractivity contribution in [2.75, 3.05) is 18.8 Å². The molecule has 0 radical (unpaired) electrons. The third-order valence-electron chi connectivity index (χ3n) is 3.51. The SMILES string of the molecule is Cl.Nc1cc2ccccc2nc1C1CCNCC1. The molecule has 3 nitrogen and oxygen atoms in total. The molecule has 0 aliphatic carbocycles. The van der Waals surface area contributed by atoms with E-state index in [1.807, 2.05) is 12.1 Å². The molecular formula is C14H18ClN3. The van der Waals surface area contributed by atoms with Crippen LogP contribution in [0.3, 0.4) is 0 Å². The lowest BCUT2D eigenvalue weighted by Gasteiger charge is -2.23. The number of nitrogens with two attached hydrogens (primary N) is 1. The first kappa shape index (κ1) is 13.1.